The van der Waals surface area contributed by atoms with Crippen LogP contribution in [-0.4, -0.2) is 32.9 Å². The number of methoxy groups -OCH3 is 1. The van der Waals surface area contributed by atoms with E-state index in [0.717, 1.165) is 12.0 Å². The highest BCUT2D eigenvalue weighted by atomic mass is 16.5. The van der Waals surface area contributed by atoms with Gasteiger partial charge in [0, 0.05) is 6.61 Å². The first-order valence-electron chi connectivity index (χ1n) is 6.14. The molecule has 1 rings (SSSR count). The highest BCUT2D eigenvalue weighted by molar-refractivity contribution is 5.92. The van der Waals surface area contributed by atoms with E-state index in [1.54, 1.807) is 6.07 Å². The van der Waals surface area contributed by atoms with Crippen molar-refractivity contribution in [3.8, 4) is 5.75 Å². The van der Waals surface area contributed by atoms with Crippen LogP contribution >= 0.6 is 0 Å². The summed E-state index contributed by atoms with van der Waals surface area (Å²) in [7, 11) is 1.37. The van der Waals surface area contributed by atoms with Crippen molar-refractivity contribution in [2.24, 2.45) is 0 Å². The Balaban J connectivity index is 2.78. The molecule has 1 aromatic rings. The van der Waals surface area contributed by atoms with Gasteiger partial charge in [0.2, 0.25) is 0 Å². The van der Waals surface area contributed by atoms with Crippen molar-refractivity contribution in [3.05, 3.63) is 29.3 Å². The van der Waals surface area contributed by atoms with Gasteiger partial charge < -0.3 is 14.2 Å². The third-order valence-corrected chi connectivity index (χ3v) is 2.55. The Morgan fingerprint density at radius 3 is 2.61 bits per heavy atom. The molecule has 0 aliphatic carbocycles. The van der Waals surface area contributed by atoms with E-state index in [0.29, 0.717) is 31.1 Å². The number of carbonyl (C=O) groups excluding carboxylic acids is 1. The summed E-state index contributed by atoms with van der Waals surface area (Å²) < 4.78 is 15.5. The van der Waals surface area contributed by atoms with E-state index in [4.69, 9.17) is 14.2 Å². The zero-order chi connectivity index (χ0) is 13.4. The van der Waals surface area contributed by atoms with E-state index >= 15 is 0 Å². The lowest BCUT2D eigenvalue weighted by molar-refractivity contribution is 0.0591. The maximum absolute atomic E-state index is 11.7. The Labute approximate surface area is 108 Å². The summed E-state index contributed by atoms with van der Waals surface area (Å²) in [5.74, 6) is 0.162. The fraction of sp³-hybridized carbons (Fsp3) is 0.500. The van der Waals surface area contributed by atoms with Gasteiger partial charge in [-0.1, -0.05) is 13.0 Å². The highest BCUT2D eigenvalue weighted by Crippen LogP contribution is 2.21. The van der Waals surface area contributed by atoms with Crippen molar-refractivity contribution in [2.45, 2.75) is 20.3 Å². The molecule has 4 heteroatoms. The van der Waals surface area contributed by atoms with Gasteiger partial charge in [-0.25, -0.2) is 4.79 Å². The molecule has 0 radical (unpaired) electrons. The summed E-state index contributed by atoms with van der Waals surface area (Å²) in [6.45, 7) is 5.54. The van der Waals surface area contributed by atoms with Crippen LogP contribution in [0.2, 0.25) is 0 Å². The average molecular weight is 252 g/mol. The Morgan fingerprint density at radius 1 is 1.22 bits per heavy atom. The summed E-state index contributed by atoms with van der Waals surface area (Å²) in [5, 5.41) is 0. The van der Waals surface area contributed by atoms with E-state index in [2.05, 4.69) is 0 Å². The predicted octanol–water partition coefficient (Wildman–Crippen LogP) is 2.45. The first kappa shape index (κ1) is 14.5. The molecule has 4 nitrogen and oxygen atoms in total. The standard InChI is InChI=1S/C14H20O4/c1-4-11-6-7-13(18-9-8-17-5-2)12(10-11)14(15)16-3/h6-7,10H,4-5,8-9H2,1-3H3. The minimum Gasteiger partial charge on any atom is -0.490 e. The molecule has 0 saturated carbocycles. The third kappa shape index (κ3) is 4.04. The smallest absolute Gasteiger partial charge is 0.341 e. The molecule has 0 bridgehead atoms. The van der Waals surface area contributed by atoms with E-state index < -0.39 is 0 Å². The number of rotatable bonds is 7. The molecule has 0 aliphatic rings. The van der Waals surface area contributed by atoms with E-state index in [1.807, 2.05) is 26.0 Å². The second-order valence-corrected chi connectivity index (χ2v) is 3.72. The topological polar surface area (TPSA) is 44.8 Å². The molecular formula is C14H20O4. The molecular weight excluding hydrogens is 232 g/mol. The lowest BCUT2D eigenvalue weighted by Crippen LogP contribution is -2.10. The SMILES string of the molecule is CCOCCOc1ccc(CC)cc1C(=O)OC. The van der Waals surface area contributed by atoms with Crippen LogP contribution < -0.4 is 4.74 Å². The number of ether oxygens (including phenoxy) is 3. The largest absolute Gasteiger partial charge is 0.490 e. The number of hydrogen-bond donors (Lipinski definition) is 0. The van der Waals surface area contributed by atoms with Crippen LogP contribution in [0.25, 0.3) is 0 Å². The first-order valence-corrected chi connectivity index (χ1v) is 6.14. The summed E-state index contributed by atoms with van der Waals surface area (Å²) >= 11 is 0. The molecule has 0 atom stereocenters. The Bertz CT molecular complexity index is 387. The van der Waals surface area contributed by atoms with Crippen LogP contribution in [0, 0.1) is 0 Å². The molecule has 18 heavy (non-hydrogen) atoms. The minimum absolute atomic E-state index is 0.378. The molecule has 0 aliphatic heterocycles. The molecule has 0 amide bonds. The van der Waals surface area contributed by atoms with Crippen molar-refractivity contribution in [2.75, 3.05) is 26.9 Å². The molecule has 0 aromatic heterocycles. The normalized spacial score (nSPS) is 10.2. The monoisotopic (exact) mass is 252 g/mol. The van der Waals surface area contributed by atoms with E-state index in [-0.39, 0.29) is 5.97 Å². The number of benzene rings is 1. The molecule has 0 saturated heterocycles. The average Bonchev–Trinajstić information content (AvgIpc) is 2.42. The molecule has 0 fully saturated rings. The maximum atomic E-state index is 11.7. The zero-order valence-corrected chi connectivity index (χ0v) is 11.2. The molecule has 100 valence electrons. The van der Waals surface area contributed by atoms with Gasteiger partial charge in [-0.3, -0.25) is 0 Å². The molecule has 0 spiro atoms. The summed E-state index contributed by atoms with van der Waals surface area (Å²) in [6, 6.07) is 5.56. The third-order valence-electron chi connectivity index (χ3n) is 2.55. The molecule has 0 heterocycles. The second kappa shape index (κ2) is 7.71. The summed E-state index contributed by atoms with van der Waals surface area (Å²) in [6.07, 6.45) is 0.864. The van der Waals surface area contributed by atoms with Crippen LogP contribution in [0.3, 0.4) is 0 Å². The van der Waals surface area contributed by atoms with Crippen LogP contribution in [-0.2, 0) is 15.9 Å². The number of carbonyl (C=O) groups is 1. The van der Waals surface area contributed by atoms with Gasteiger partial charge in [-0.05, 0) is 31.0 Å². The van der Waals surface area contributed by atoms with Crippen LogP contribution in [0.15, 0.2) is 18.2 Å². The summed E-state index contributed by atoms with van der Waals surface area (Å²) in [5.41, 5.74) is 1.54. The maximum Gasteiger partial charge on any atom is 0.341 e. The highest BCUT2D eigenvalue weighted by Gasteiger charge is 2.13. The zero-order valence-electron chi connectivity index (χ0n) is 11.2. The van der Waals surface area contributed by atoms with Gasteiger partial charge in [0.15, 0.2) is 0 Å². The van der Waals surface area contributed by atoms with Crippen molar-refractivity contribution < 1.29 is 19.0 Å². The van der Waals surface area contributed by atoms with Gasteiger partial charge in [-0.2, -0.15) is 0 Å². The fourth-order valence-corrected chi connectivity index (χ4v) is 1.55. The number of esters is 1. The Hall–Kier alpha value is -1.55. The van der Waals surface area contributed by atoms with E-state index in [9.17, 15) is 4.79 Å². The molecule has 0 unspecified atom stereocenters. The number of aryl methyl sites for hydroxylation is 1. The van der Waals surface area contributed by atoms with Crippen molar-refractivity contribution in [1.82, 2.24) is 0 Å². The lowest BCUT2D eigenvalue weighted by atomic mass is 10.1. The van der Waals surface area contributed by atoms with Gasteiger partial charge in [0.1, 0.15) is 17.9 Å². The van der Waals surface area contributed by atoms with Gasteiger partial charge in [0.05, 0.1) is 13.7 Å². The number of hydrogen-bond acceptors (Lipinski definition) is 4. The van der Waals surface area contributed by atoms with Gasteiger partial charge in [0.25, 0.3) is 0 Å². The fourth-order valence-electron chi connectivity index (χ4n) is 1.55. The molecule has 1 aromatic carbocycles. The quantitative estimate of drug-likeness (QED) is 0.552. The summed E-state index contributed by atoms with van der Waals surface area (Å²) in [4.78, 5) is 11.7. The van der Waals surface area contributed by atoms with Gasteiger partial charge >= 0.3 is 5.97 Å². The van der Waals surface area contributed by atoms with Crippen LogP contribution in [0.5, 0.6) is 5.75 Å². The van der Waals surface area contributed by atoms with Gasteiger partial charge in [-0.15, -0.1) is 0 Å². The Morgan fingerprint density at radius 2 is 2.00 bits per heavy atom. The second-order valence-electron chi connectivity index (χ2n) is 3.72. The van der Waals surface area contributed by atoms with Crippen LogP contribution in [0.4, 0.5) is 0 Å². The van der Waals surface area contributed by atoms with Crippen molar-refractivity contribution in [1.29, 1.82) is 0 Å². The predicted molar refractivity (Wildman–Crippen MR) is 69.1 cm³/mol. The van der Waals surface area contributed by atoms with Crippen molar-refractivity contribution in [3.63, 3.8) is 0 Å². The lowest BCUT2D eigenvalue weighted by Gasteiger charge is -2.11. The van der Waals surface area contributed by atoms with E-state index in [1.165, 1.54) is 7.11 Å². The molecule has 0 N–H and O–H groups in total. The van der Waals surface area contributed by atoms with Crippen LogP contribution in [0.1, 0.15) is 29.8 Å². The van der Waals surface area contributed by atoms with Crippen molar-refractivity contribution >= 4 is 5.97 Å². The Kier molecular flexibility index (Phi) is 6.22. The minimum atomic E-state index is -0.378. The first-order chi connectivity index (χ1) is 8.72.